The monoisotopic (exact) mass is 430 g/mol. The van der Waals surface area contributed by atoms with Crippen LogP contribution in [0.5, 0.6) is 6.01 Å². The lowest BCUT2D eigenvalue weighted by molar-refractivity contribution is -0.129. The van der Waals surface area contributed by atoms with Crippen LogP contribution in [0.4, 0.5) is 0 Å². The highest BCUT2D eigenvalue weighted by Crippen LogP contribution is 2.31. The molecule has 0 bridgehead atoms. The van der Waals surface area contributed by atoms with Crippen LogP contribution in [0, 0.1) is 0 Å². The number of rotatable bonds is 7. The highest BCUT2D eigenvalue weighted by atomic mass is 16.5. The van der Waals surface area contributed by atoms with Gasteiger partial charge < -0.3 is 15.0 Å². The van der Waals surface area contributed by atoms with Crippen LogP contribution in [-0.2, 0) is 4.79 Å². The first-order valence-corrected chi connectivity index (χ1v) is 10.8. The van der Waals surface area contributed by atoms with Crippen LogP contribution in [0.1, 0.15) is 41.7 Å². The van der Waals surface area contributed by atoms with Gasteiger partial charge >= 0.3 is 6.01 Å². The van der Waals surface area contributed by atoms with E-state index in [1.54, 1.807) is 31.5 Å². The Kier molecular flexibility index (Phi) is 6.75. The molecular formula is C25H26N4O3. The van der Waals surface area contributed by atoms with Crippen molar-refractivity contribution in [3.8, 4) is 17.1 Å². The number of ether oxygens (including phenoxy) is 1. The molecular weight excluding hydrogens is 404 g/mol. The van der Waals surface area contributed by atoms with Crippen LogP contribution in [0.15, 0.2) is 67.0 Å². The maximum Gasteiger partial charge on any atom is 0.316 e. The van der Waals surface area contributed by atoms with Crippen molar-refractivity contribution < 1.29 is 14.3 Å². The molecule has 1 saturated heterocycles. The summed E-state index contributed by atoms with van der Waals surface area (Å²) >= 11 is 0. The SMILES string of the molecule is CC(=O)N1CCCC1c1ccc(C(=O)NCCOc2ncc(-c3ccccc3)cn2)cc1. The smallest absolute Gasteiger partial charge is 0.316 e. The molecule has 164 valence electrons. The molecule has 0 saturated carbocycles. The molecule has 2 aromatic carbocycles. The van der Waals surface area contributed by atoms with Gasteiger partial charge in [0.1, 0.15) is 6.61 Å². The molecule has 0 spiro atoms. The summed E-state index contributed by atoms with van der Waals surface area (Å²) in [7, 11) is 0. The maximum atomic E-state index is 12.4. The van der Waals surface area contributed by atoms with Crippen LogP contribution in [-0.4, -0.2) is 46.4 Å². The Morgan fingerprint density at radius 1 is 1.03 bits per heavy atom. The van der Waals surface area contributed by atoms with Crippen molar-refractivity contribution in [1.82, 2.24) is 20.2 Å². The van der Waals surface area contributed by atoms with Gasteiger partial charge in [-0.05, 0) is 36.1 Å². The number of hydrogen-bond acceptors (Lipinski definition) is 5. The van der Waals surface area contributed by atoms with E-state index in [2.05, 4.69) is 15.3 Å². The molecule has 1 fully saturated rings. The summed E-state index contributed by atoms with van der Waals surface area (Å²) in [5.74, 6) is -0.0802. The fraction of sp³-hybridized carbons (Fsp3) is 0.280. The third kappa shape index (κ3) is 5.11. The van der Waals surface area contributed by atoms with Crippen molar-refractivity contribution in [3.05, 3.63) is 78.1 Å². The van der Waals surface area contributed by atoms with Crippen molar-refractivity contribution in [2.75, 3.05) is 19.7 Å². The molecule has 1 atom stereocenters. The number of benzene rings is 2. The molecule has 1 unspecified atom stereocenters. The van der Waals surface area contributed by atoms with Gasteiger partial charge in [-0.15, -0.1) is 0 Å². The second kappa shape index (κ2) is 10.0. The highest BCUT2D eigenvalue weighted by Gasteiger charge is 2.27. The summed E-state index contributed by atoms with van der Waals surface area (Å²) in [5.41, 5.74) is 3.59. The number of likely N-dealkylation sites (tertiary alicyclic amines) is 1. The van der Waals surface area contributed by atoms with E-state index in [-0.39, 0.29) is 30.5 Å². The first kappa shape index (κ1) is 21.5. The predicted molar refractivity (Wildman–Crippen MR) is 121 cm³/mol. The van der Waals surface area contributed by atoms with Gasteiger partial charge in [-0.2, -0.15) is 0 Å². The van der Waals surface area contributed by atoms with Crippen LogP contribution in [0.25, 0.3) is 11.1 Å². The van der Waals surface area contributed by atoms with E-state index in [0.29, 0.717) is 12.1 Å². The summed E-state index contributed by atoms with van der Waals surface area (Å²) in [5, 5.41) is 2.84. The largest absolute Gasteiger partial charge is 0.462 e. The Balaban J connectivity index is 1.24. The zero-order valence-corrected chi connectivity index (χ0v) is 18.0. The number of nitrogens with one attached hydrogen (secondary N) is 1. The van der Waals surface area contributed by atoms with E-state index in [0.717, 1.165) is 36.1 Å². The Labute approximate surface area is 187 Å². The van der Waals surface area contributed by atoms with E-state index >= 15 is 0 Å². The molecule has 1 aliphatic heterocycles. The van der Waals surface area contributed by atoms with Crippen molar-refractivity contribution in [2.24, 2.45) is 0 Å². The van der Waals surface area contributed by atoms with Crippen LogP contribution < -0.4 is 10.1 Å². The molecule has 32 heavy (non-hydrogen) atoms. The van der Waals surface area contributed by atoms with Crippen molar-refractivity contribution in [2.45, 2.75) is 25.8 Å². The highest BCUT2D eigenvalue weighted by molar-refractivity contribution is 5.94. The molecule has 2 heterocycles. The molecule has 3 aromatic rings. The fourth-order valence-corrected chi connectivity index (χ4v) is 3.93. The van der Waals surface area contributed by atoms with Crippen molar-refractivity contribution >= 4 is 11.8 Å². The van der Waals surface area contributed by atoms with Crippen molar-refractivity contribution in [1.29, 1.82) is 0 Å². The second-order valence-corrected chi connectivity index (χ2v) is 7.72. The first-order valence-electron chi connectivity index (χ1n) is 10.8. The minimum absolute atomic E-state index is 0.0907. The van der Waals surface area contributed by atoms with Gasteiger partial charge in [0.25, 0.3) is 5.91 Å². The molecule has 7 nitrogen and oxygen atoms in total. The molecule has 0 aliphatic carbocycles. The third-order valence-electron chi connectivity index (χ3n) is 5.57. The van der Waals surface area contributed by atoms with Gasteiger partial charge in [-0.3, -0.25) is 9.59 Å². The lowest BCUT2D eigenvalue weighted by atomic mass is 10.0. The number of aromatic nitrogens is 2. The fourth-order valence-electron chi connectivity index (χ4n) is 3.93. The van der Waals surface area contributed by atoms with Gasteiger partial charge in [0.15, 0.2) is 0 Å². The Hall–Kier alpha value is -3.74. The average molecular weight is 431 g/mol. The third-order valence-corrected chi connectivity index (χ3v) is 5.57. The topological polar surface area (TPSA) is 84.4 Å². The van der Waals surface area contributed by atoms with Crippen LogP contribution in [0.2, 0.25) is 0 Å². The normalized spacial score (nSPS) is 15.4. The molecule has 0 radical (unpaired) electrons. The quantitative estimate of drug-likeness (QED) is 0.579. The average Bonchev–Trinajstić information content (AvgIpc) is 3.33. The first-order chi connectivity index (χ1) is 15.6. The van der Waals surface area contributed by atoms with E-state index in [1.807, 2.05) is 47.4 Å². The molecule has 1 N–H and O–H groups in total. The van der Waals surface area contributed by atoms with Crippen LogP contribution >= 0.6 is 0 Å². The second-order valence-electron chi connectivity index (χ2n) is 7.72. The standard InChI is InChI=1S/C25H26N4O3/c1-18(30)29-14-5-8-23(29)20-9-11-21(12-10-20)24(31)26-13-15-32-25-27-16-22(17-28-25)19-6-3-2-4-7-19/h2-4,6-7,9-12,16-17,23H,5,8,13-15H2,1H3,(H,26,31). The van der Waals surface area contributed by atoms with E-state index in [9.17, 15) is 9.59 Å². The zero-order chi connectivity index (χ0) is 22.3. The van der Waals surface area contributed by atoms with Crippen molar-refractivity contribution in [3.63, 3.8) is 0 Å². The summed E-state index contributed by atoms with van der Waals surface area (Å²) in [4.78, 5) is 34.5. The van der Waals surface area contributed by atoms with Gasteiger partial charge in [0.2, 0.25) is 5.91 Å². The number of carbonyl (C=O) groups excluding carboxylic acids is 2. The lowest BCUT2D eigenvalue weighted by Gasteiger charge is -2.23. The van der Waals surface area contributed by atoms with Gasteiger partial charge in [0.05, 0.1) is 12.6 Å². The molecule has 1 aromatic heterocycles. The van der Waals surface area contributed by atoms with Gasteiger partial charge in [-0.25, -0.2) is 9.97 Å². The summed E-state index contributed by atoms with van der Waals surface area (Å²) in [6, 6.07) is 17.7. The maximum absolute atomic E-state index is 12.4. The zero-order valence-electron chi connectivity index (χ0n) is 18.0. The van der Waals surface area contributed by atoms with E-state index in [4.69, 9.17) is 4.74 Å². The van der Waals surface area contributed by atoms with E-state index < -0.39 is 0 Å². The van der Waals surface area contributed by atoms with Gasteiger partial charge in [0, 0.05) is 37.0 Å². The number of amides is 2. The molecule has 2 amide bonds. The number of carbonyl (C=O) groups is 2. The minimum Gasteiger partial charge on any atom is -0.462 e. The van der Waals surface area contributed by atoms with Crippen LogP contribution in [0.3, 0.4) is 0 Å². The molecule has 4 rings (SSSR count). The molecule has 7 heteroatoms. The summed E-state index contributed by atoms with van der Waals surface area (Å²) < 4.78 is 5.53. The Bertz CT molecular complexity index is 1050. The van der Waals surface area contributed by atoms with E-state index in [1.165, 1.54) is 0 Å². The lowest BCUT2D eigenvalue weighted by Crippen LogP contribution is -2.29. The Morgan fingerprint density at radius 3 is 2.44 bits per heavy atom. The number of nitrogens with zero attached hydrogens (tertiary/aromatic N) is 3. The summed E-state index contributed by atoms with van der Waals surface area (Å²) in [6.45, 7) is 3.00. The Morgan fingerprint density at radius 2 is 1.75 bits per heavy atom. The molecule has 1 aliphatic rings. The minimum atomic E-state index is -0.171. The summed E-state index contributed by atoms with van der Waals surface area (Å²) in [6.07, 6.45) is 5.40. The number of hydrogen-bond donors (Lipinski definition) is 1. The van der Waals surface area contributed by atoms with Gasteiger partial charge in [-0.1, -0.05) is 42.5 Å². The predicted octanol–water partition coefficient (Wildman–Crippen LogP) is 3.64.